The van der Waals surface area contributed by atoms with E-state index in [1.807, 2.05) is 31.3 Å². The molecule has 0 atom stereocenters. The first-order valence-corrected chi connectivity index (χ1v) is 7.67. The number of hydrogen-bond donors (Lipinski definition) is 2. The molecule has 7 heteroatoms. The molecule has 120 valence electrons. The molecule has 0 radical (unpaired) electrons. The summed E-state index contributed by atoms with van der Waals surface area (Å²) in [6.07, 6.45) is 1.81. The number of aliphatic imine (C=N–C) groups is 1. The minimum atomic E-state index is 0. The first-order valence-electron chi connectivity index (χ1n) is 6.79. The van der Waals surface area contributed by atoms with E-state index in [9.17, 15) is 0 Å². The van der Waals surface area contributed by atoms with Crippen LogP contribution >= 0.6 is 35.3 Å². The molecule has 0 aliphatic carbocycles. The maximum absolute atomic E-state index is 4.40. The van der Waals surface area contributed by atoms with E-state index in [0.717, 1.165) is 23.9 Å². The fourth-order valence-corrected chi connectivity index (χ4v) is 2.60. The average molecular weight is 431 g/mol. The third kappa shape index (κ3) is 5.45. The third-order valence-electron chi connectivity index (χ3n) is 2.97. The van der Waals surface area contributed by atoms with E-state index in [2.05, 4.69) is 44.2 Å². The summed E-state index contributed by atoms with van der Waals surface area (Å²) in [6.45, 7) is 1.47. The van der Waals surface area contributed by atoms with Gasteiger partial charge in [0.15, 0.2) is 5.96 Å². The molecule has 0 aliphatic heterocycles. The van der Waals surface area contributed by atoms with Crippen molar-refractivity contribution in [3.8, 4) is 0 Å². The van der Waals surface area contributed by atoms with Crippen LogP contribution in [0.2, 0.25) is 0 Å². The topological polar surface area (TPSA) is 52.6 Å². The number of pyridine rings is 1. The van der Waals surface area contributed by atoms with Crippen molar-refractivity contribution in [2.24, 2.45) is 4.99 Å². The highest BCUT2D eigenvalue weighted by atomic mass is 127. The second-order valence-corrected chi connectivity index (χ2v) is 5.77. The lowest BCUT2D eigenvalue weighted by molar-refractivity contribution is 0.810. The predicted molar refractivity (Wildman–Crippen MR) is 105 cm³/mol. The molecule has 2 aromatic rings. The highest BCUT2D eigenvalue weighted by Crippen LogP contribution is 2.13. The molecule has 0 saturated heterocycles. The van der Waals surface area contributed by atoms with Gasteiger partial charge in [0.05, 0.1) is 6.54 Å². The summed E-state index contributed by atoms with van der Waals surface area (Å²) >= 11 is 1.73. The number of rotatable bonds is 5. The second kappa shape index (κ2) is 9.62. The van der Waals surface area contributed by atoms with Crippen molar-refractivity contribution in [3.63, 3.8) is 0 Å². The van der Waals surface area contributed by atoms with Crippen LogP contribution in [-0.2, 0) is 13.1 Å². The van der Waals surface area contributed by atoms with E-state index in [0.29, 0.717) is 6.54 Å². The molecular weight excluding hydrogens is 409 g/mol. The molecule has 5 nitrogen and oxygen atoms in total. The highest BCUT2D eigenvalue weighted by Gasteiger charge is 2.06. The van der Waals surface area contributed by atoms with Crippen LogP contribution in [0.4, 0.5) is 5.82 Å². The molecule has 0 saturated carbocycles. The summed E-state index contributed by atoms with van der Waals surface area (Å²) in [5, 5.41) is 8.70. The summed E-state index contributed by atoms with van der Waals surface area (Å²) in [4.78, 5) is 11.9. The van der Waals surface area contributed by atoms with Crippen LogP contribution in [0.1, 0.15) is 10.4 Å². The molecule has 2 N–H and O–H groups in total. The van der Waals surface area contributed by atoms with Gasteiger partial charge in [0, 0.05) is 44.3 Å². The van der Waals surface area contributed by atoms with Crippen LogP contribution in [0.25, 0.3) is 0 Å². The number of thiophene rings is 1. The normalized spacial score (nSPS) is 10.8. The Bertz CT molecular complexity index is 583. The molecule has 2 heterocycles. The Hall–Kier alpha value is -1.35. The Morgan fingerprint density at radius 3 is 2.64 bits per heavy atom. The lowest BCUT2D eigenvalue weighted by Gasteiger charge is -2.17. The van der Waals surface area contributed by atoms with Gasteiger partial charge >= 0.3 is 0 Å². The zero-order valence-corrected chi connectivity index (χ0v) is 16.2. The van der Waals surface area contributed by atoms with Gasteiger partial charge in [-0.05, 0) is 17.5 Å². The van der Waals surface area contributed by atoms with Gasteiger partial charge in [-0.2, -0.15) is 0 Å². The Morgan fingerprint density at radius 1 is 1.23 bits per heavy atom. The molecule has 0 unspecified atom stereocenters. The predicted octanol–water partition coefficient (Wildman–Crippen LogP) is 2.69. The van der Waals surface area contributed by atoms with E-state index < -0.39 is 0 Å². The second-order valence-electron chi connectivity index (χ2n) is 4.74. The molecule has 0 bridgehead atoms. The van der Waals surface area contributed by atoms with Crippen LogP contribution in [-0.4, -0.2) is 32.1 Å². The van der Waals surface area contributed by atoms with Gasteiger partial charge in [0.1, 0.15) is 5.82 Å². The van der Waals surface area contributed by atoms with Crippen LogP contribution in [0.5, 0.6) is 0 Å². The third-order valence-corrected chi connectivity index (χ3v) is 3.85. The van der Waals surface area contributed by atoms with E-state index in [4.69, 9.17) is 0 Å². The first kappa shape index (κ1) is 18.7. The Balaban J connectivity index is 0.00000242. The van der Waals surface area contributed by atoms with Crippen molar-refractivity contribution in [2.75, 3.05) is 26.0 Å². The summed E-state index contributed by atoms with van der Waals surface area (Å²) in [5.74, 6) is 1.76. The van der Waals surface area contributed by atoms with Crippen molar-refractivity contribution >= 4 is 47.1 Å². The van der Waals surface area contributed by atoms with E-state index >= 15 is 0 Å². The molecule has 22 heavy (non-hydrogen) atoms. The number of halogens is 1. The molecular formula is C15H22IN5S. The van der Waals surface area contributed by atoms with Crippen LogP contribution < -0.4 is 15.5 Å². The van der Waals surface area contributed by atoms with Crippen LogP contribution in [0.3, 0.4) is 0 Å². The number of aromatic nitrogens is 1. The fourth-order valence-electron chi connectivity index (χ4n) is 1.95. The Morgan fingerprint density at radius 2 is 2.00 bits per heavy atom. The summed E-state index contributed by atoms with van der Waals surface area (Å²) in [5.41, 5.74) is 1.14. The van der Waals surface area contributed by atoms with Crippen LogP contribution in [0, 0.1) is 0 Å². The minimum absolute atomic E-state index is 0. The monoisotopic (exact) mass is 431 g/mol. The SMILES string of the molecule is CN=C(NCc1cccs1)NCc1cccnc1N(C)C.I. The maximum Gasteiger partial charge on any atom is 0.191 e. The van der Waals surface area contributed by atoms with Gasteiger partial charge in [-0.3, -0.25) is 4.99 Å². The van der Waals surface area contributed by atoms with E-state index in [-0.39, 0.29) is 24.0 Å². The van der Waals surface area contributed by atoms with Crippen molar-refractivity contribution in [1.82, 2.24) is 15.6 Å². The molecule has 0 spiro atoms. The summed E-state index contributed by atoms with van der Waals surface area (Å²) in [7, 11) is 5.77. The largest absolute Gasteiger partial charge is 0.362 e. The lowest BCUT2D eigenvalue weighted by atomic mass is 10.2. The lowest BCUT2D eigenvalue weighted by Crippen LogP contribution is -2.36. The number of anilines is 1. The quantitative estimate of drug-likeness (QED) is 0.434. The molecule has 2 aromatic heterocycles. The van der Waals surface area contributed by atoms with Gasteiger partial charge in [0.2, 0.25) is 0 Å². The van der Waals surface area contributed by atoms with E-state index in [1.165, 1.54) is 4.88 Å². The summed E-state index contributed by atoms with van der Waals surface area (Å²) in [6, 6.07) is 8.18. The molecule has 0 amide bonds. The molecule has 0 fully saturated rings. The first-order chi connectivity index (χ1) is 10.2. The van der Waals surface area contributed by atoms with Crippen molar-refractivity contribution in [3.05, 3.63) is 46.3 Å². The van der Waals surface area contributed by atoms with Gasteiger partial charge in [-0.15, -0.1) is 35.3 Å². The smallest absolute Gasteiger partial charge is 0.191 e. The van der Waals surface area contributed by atoms with E-state index in [1.54, 1.807) is 18.4 Å². The molecule has 0 aromatic carbocycles. The van der Waals surface area contributed by atoms with Gasteiger partial charge in [0.25, 0.3) is 0 Å². The van der Waals surface area contributed by atoms with Crippen molar-refractivity contribution < 1.29 is 0 Å². The average Bonchev–Trinajstić information content (AvgIpc) is 3.01. The fraction of sp³-hybridized carbons (Fsp3) is 0.333. The van der Waals surface area contributed by atoms with Crippen molar-refractivity contribution in [2.45, 2.75) is 13.1 Å². The summed E-state index contributed by atoms with van der Waals surface area (Å²) < 4.78 is 0. The number of guanidine groups is 1. The minimum Gasteiger partial charge on any atom is -0.362 e. The van der Waals surface area contributed by atoms with Gasteiger partial charge in [-0.1, -0.05) is 12.1 Å². The zero-order valence-electron chi connectivity index (χ0n) is 13.0. The molecule has 2 rings (SSSR count). The number of hydrogen-bond acceptors (Lipinski definition) is 4. The number of nitrogens with zero attached hydrogens (tertiary/aromatic N) is 3. The van der Waals surface area contributed by atoms with Crippen LogP contribution in [0.15, 0.2) is 40.8 Å². The zero-order chi connectivity index (χ0) is 15.1. The van der Waals surface area contributed by atoms with Crippen molar-refractivity contribution in [1.29, 1.82) is 0 Å². The molecule has 0 aliphatic rings. The maximum atomic E-state index is 4.40. The Labute approximate surface area is 152 Å². The number of nitrogens with one attached hydrogen (secondary N) is 2. The highest BCUT2D eigenvalue weighted by molar-refractivity contribution is 14.0. The van der Waals surface area contributed by atoms with Gasteiger partial charge < -0.3 is 15.5 Å². The Kier molecular flexibility index (Phi) is 8.18. The standard InChI is InChI=1S/C15H21N5S.HI/c1-16-15(19-11-13-7-5-9-21-13)18-10-12-6-4-8-17-14(12)20(2)3;/h4-9H,10-11H2,1-3H3,(H2,16,18,19);1H. The van der Waals surface area contributed by atoms with Gasteiger partial charge in [-0.25, -0.2) is 4.98 Å².